The van der Waals surface area contributed by atoms with Crippen LogP contribution in [-0.2, 0) is 6.54 Å². The average molecular weight is 301 g/mol. The van der Waals surface area contributed by atoms with Crippen LogP contribution in [0.5, 0.6) is 0 Å². The van der Waals surface area contributed by atoms with Gasteiger partial charge in [0.15, 0.2) is 0 Å². The Morgan fingerprint density at radius 1 is 1.29 bits per heavy atom. The summed E-state index contributed by atoms with van der Waals surface area (Å²) in [5, 5.41) is 7.46. The van der Waals surface area contributed by atoms with E-state index < -0.39 is 0 Å². The molecule has 2 N–H and O–H groups in total. The maximum atomic E-state index is 11.9. The molecule has 4 nitrogen and oxygen atoms in total. The Hall–Kier alpha value is -1.88. The summed E-state index contributed by atoms with van der Waals surface area (Å²) in [5.41, 5.74) is 2.83. The molecule has 3 rings (SSSR count). The minimum atomic E-state index is 0.0259. The number of carbonyl (C=O) groups is 1. The van der Waals surface area contributed by atoms with Gasteiger partial charge in [0.05, 0.1) is 17.2 Å². The Labute approximate surface area is 128 Å². The van der Waals surface area contributed by atoms with Crippen molar-refractivity contribution < 1.29 is 4.79 Å². The van der Waals surface area contributed by atoms with Crippen LogP contribution in [-0.4, -0.2) is 16.9 Å². The largest absolute Gasteiger partial charge is 0.380 e. The van der Waals surface area contributed by atoms with Gasteiger partial charge in [-0.15, -0.1) is 11.3 Å². The van der Waals surface area contributed by atoms with Gasteiger partial charge in [0.1, 0.15) is 0 Å². The fourth-order valence-corrected chi connectivity index (χ4v) is 3.03. The van der Waals surface area contributed by atoms with Crippen molar-refractivity contribution in [2.24, 2.45) is 0 Å². The van der Waals surface area contributed by atoms with Crippen molar-refractivity contribution in [2.75, 3.05) is 5.32 Å². The molecule has 1 aromatic heterocycles. The second kappa shape index (κ2) is 5.85. The lowest BCUT2D eigenvalue weighted by atomic mass is 10.2. The first kappa shape index (κ1) is 14.1. The van der Waals surface area contributed by atoms with Crippen molar-refractivity contribution >= 4 is 22.9 Å². The smallest absolute Gasteiger partial charge is 0.251 e. The highest BCUT2D eigenvalue weighted by Gasteiger charge is 2.23. The Morgan fingerprint density at radius 3 is 2.57 bits per heavy atom. The molecule has 5 heteroatoms. The monoisotopic (exact) mass is 301 g/mol. The van der Waals surface area contributed by atoms with Crippen LogP contribution < -0.4 is 10.6 Å². The number of nitrogens with zero attached hydrogens (tertiary/aromatic N) is 1. The quantitative estimate of drug-likeness (QED) is 0.891. The molecule has 1 fully saturated rings. The lowest BCUT2D eigenvalue weighted by molar-refractivity contribution is 0.0951. The molecule has 0 unspecified atom stereocenters. The molecule has 1 saturated carbocycles. The molecule has 2 aromatic rings. The lowest BCUT2D eigenvalue weighted by Crippen LogP contribution is -2.25. The molecule has 1 aliphatic carbocycles. The number of nitrogens with one attached hydrogen (secondary N) is 2. The van der Waals surface area contributed by atoms with Crippen LogP contribution in [0.4, 0.5) is 5.69 Å². The molecule has 0 radical (unpaired) electrons. The third kappa shape index (κ3) is 3.61. The zero-order chi connectivity index (χ0) is 14.8. The zero-order valence-electron chi connectivity index (χ0n) is 12.3. The summed E-state index contributed by atoms with van der Waals surface area (Å²) in [4.78, 5) is 17.6. The molecule has 0 saturated heterocycles. The minimum Gasteiger partial charge on any atom is -0.380 e. The third-order valence-electron chi connectivity index (χ3n) is 3.51. The first-order valence-corrected chi connectivity index (χ1v) is 8.01. The molecule has 1 aromatic carbocycles. The minimum absolute atomic E-state index is 0.0259. The molecule has 0 bridgehead atoms. The van der Waals surface area contributed by atoms with Crippen LogP contribution in [0.1, 0.15) is 38.8 Å². The van der Waals surface area contributed by atoms with E-state index in [1.54, 1.807) is 11.3 Å². The van der Waals surface area contributed by atoms with E-state index in [1.807, 2.05) is 38.1 Å². The summed E-state index contributed by atoms with van der Waals surface area (Å²) < 4.78 is 0. The number of anilines is 1. The van der Waals surface area contributed by atoms with Crippen molar-refractivity contribution in [3.05, 3.63) is 45.4 Å². The van der Waals surface area contributed by atoms with Crippen LogP contribution in [0.25, 0.3) is 0 Å². The average Bonchev–Trinajstić information content (AvgIpc) is 3.21. The van der Waals surface area contributed by atoms with Gasteiger partial charge in [-0.25, -0.2) is 4.98 Å². The highest BCUT2D eigenvalue weighted by atomic mass is 32.1. The van der Waals surface area contributed by atoms with Gasteiger partial charge in [0.2, 0.25) is 0 Å². The first-order chi connectivity index (χ1) is 10.1. The fraction of sp³-hybridized carbons (Fsp3) is 0.375. The first-order valence-electron chi connectivity index (χ1n) is 7.19. The summed E-state index contributed by atoms with van der Waals surface area (Å²) in [6, 6.07) is 8.03. The summed E-state index contributed by atoms with van der Waals surface area (Å²) in [6.07, 6.45) is 2.22. The van der Waals surface area contributed by atoms with Crippen molar-refractivity contribution in [1.29, 1.82) is 0 Å². The number of thiazole rings is 1. The molecule has 0 spiro atoms. The standard InChI is InChI=1S/C16H19N3OS/c1-10-15(21-11(2)18-10)9-17-13-5-3-12(4-6-13)16(20)19-14-7-8-14/h3-6,14,17H,7-9H2,1-2H3,(H,19,20). The van der Waals surface area contributed by atoms with E-state index >= 15 is 0 Å². The Morgan fingerprint density at radius 2 is 2.00 bits per heavy atom. The van der Waals surface area contributed by atoms with Crippen LogP contribution in [0, 0.1) is 13.8 Å². The van der Waals surface area contributed by atoms with Gasteiger partial charge >= 0.3 is 0 Å². The third-order valence-corrected chi connectivity index (χ3v) is 4.59. The van der Waals surface area contributed by atoms with Crippen LogP contribution in [0.3, 0.4) is 0 Å². The number of hydrogen-bond acceptors (Lipinski definition) is 4. The molecule has 110 valence electrons. The van der Waals surface area contributed by atoms with Crippen molar-refractivity contribution in [3.8, 4) is 0 Å². The van der Waals surface area contributed by atoms with Gasteiger partial charge in [0, 0.05) is 22.2 Å². The van der Waals surface area contributed by atoms with Gasteiger partial charge in [-0.2, -0.15) is 0 Å². The van der Waals surface area contributed by atoms with Crippen molar-refractivity contribution in [1.82, 2.24) is 10.3 Å². The SMILES string of the molecule is Cc1nc(C)c(CNc2ccc(C(=O)NC3CC3)cc2)s1. The van der Waals surface area contributed by atoms with Crippen molar-refractivity contribution in [2.45, 2.75) is 39.3 Å². The maximum Gasteiger partial charge on any atom is 0.251 e. The fourth-order valence-electron chi connectivity index (χ4n) is 2.16. The van der Waals surface area contributed by atoms with Crippen LogP contribution in [0.15, 0.2) is 24.3 Å². The summed E-state index contributed by atoms with van der Waals surface area (Å²) in [6.45, 7) is 4.82. The Bertz CT molecular complexity index is 644. The van der Waals surface area contributed by atoms with E-state index in [4.69, 9.17) is 0 Å². The molecule has 0 atom stereocenters. The second-order valence-corrected chi connectivity index (χ2v) is 6.71. The van der Waals surface area contributed by atoms with E-state index in [9.17, 15) is 4.79 Å². The Balaban J connectivity index is 1.58. The van der Waals surface area contributed by atoms with Gasteiger partial charge in [0.25, 0.3) is 5.91 Å². The van der Waals surface area contributed by atoms with E-state index in [2.05, 4.69) is 15.6 Å². The number of carbonyl (C=O) groups excluding carboxylic acids is 1. The molecule has 1 amide bonds. The van der Waals surface area contributed by atoms with Crippen LogP contribution >= 0.6 is 11.3 Å². The predicted octanol–water partition coefficient (Wildman–Crippen LogP) is 3.26. The Kier molecular flexibility index (Phi) is 3.92. The zero-order valence-corrected chi connectivity index (χ0v) is 13.1. The highest BCUT2D eigenvalue weighted by molar-refractivity contribution is 7.11. The summed E-state index contributed by atoms with van der Waals surface area (Å²) >= 11 is 1.72. The van der Waals surface area contributed by atoms with E-state index in [-0.39, 0.29) is 5.91 Å². The second-order valence-electron chi connectivity index (χ2n) is 5.42. The topological polar surface area (TPSA) is 54.0 Å². The molecule has 1 aliphatic rings. The lowest BCUT2D eigenvalue weighted by Gasteiger charge is -2.07. The normalized spacial score (nSPS) is 14.0. The number of hydrogen-bond donors (Lipinski definition) is 2. The molecular formula is C16H19N3OS. The van der Waals surface area contributed by atoms with Gasteiger partial charge in [-0.05, 0) is 51.0 Å². The van der Waals surface area contributed by atoms with Gasteiger partial charge < -0.3 is 10.6 Å². The number of aryl methyl sites for hydroxylation is 2. The van der Waals surface area contributed by atoms with Crippen LogP contribution in [0.2, 0.25) is 0 Å². The molecule has 0 aliphatic heterocycles. The van der Waals surface area contributed by atoms with Crippen molar-refractivity contribution in [3.63, 3.8) is 0 Å². The highest BCUT2D eigenvalue weighted by Crippen LogP contribution is 2.21. The van der Waals surface area contributed by atoms with E-state index in [0.29, 0.717) is 6.04 Å². The summed E-state index contributed by atoms with van der Waals surface area (Å²) in [5.74, 6) is 0.0259. The number of rotatable bonds is 5. The van der Waals surface area contributed by atoms with Gasteiger partial charge in [-0.1, -0.05) is 0 Å². The van der Waals surface area contributed by atoms with Gasteiger partial charge in [-0.3, -0.25) is 4.79 Å². The number of amides is 1. The van der Waals surface area contributed by atoms with E-state index in [1.165, 1.54) is 4.88 Å². The molecule has 1 heterocycles. The molecular weight excluding hydrogens is 282 g/mol. The molecule has 21 heavy (non-hydrogen) atoms. The number of aromatic nitrogens is 1. The maximum absolute atomic E-state index is 11.9. The van der Waals surface area contributed by atoms with E-state index in [0.717, 1.165) is 41.3 Å². The summed E-state index contributed by atoms with van der Waals surface area (Å²) in [7, 11) is 0. The number of benzene rings is 1. The predicted molar refractivity (Wildman–Crippen MR) is 85.8 cm³/mol.